The number of methoxy groups -OCH3 is 3. The van der Waals surface area contributed by atoms with Gasteiger partial charge in [0.15, 0.2) is 0 Å². The first kappa shape index (κ1) is 18.6. The van der Waals surface area contributed by atoms with E-state index in [0.717, 1.165) is 22.7 Å². The van der Waals surface area contributed by atoms with Crippen LogP contribution in [-0.4, -0.2) is 27.3 Å². The van der Waals surface area contributed by atoms with Gasteiger partial charge in [-0.15, -0.1) is 0 Å². The number of nitrogens with one attached hydrogen (secondary N) is 1. The van der Waals surface area contributed by atoms with Crippen molar-refractivity contribution in [1.82, 2.24) is 0 Å². The number of hydrogen-bond acceptors (Lipinski definition) is 5. The summed E-state index contributed by atoms with van der Waals surface area (Å²) in [4.78, 5) is 11.8. The average Bonchev–Trinajstić information content (AvgIpc) is 2.67. The highest BCUT2D eigenvalue weighted by Crippen LogP contribution is 2.28. The van der Waals surface area contributed by atoms with E-state index in [1.165, 1.54) is 7.11 Å². The second-order valence-electron chi connectivity index (χ2n) is 5.86. The first-order valence-electron chi connectivity index (χ1n) is 8.19. The molecule has 0 saturated carbocycles. The van der Waals surface area contributed by atoms with E-state index in [1.54, 1.807) is 14.2 Å². The number of anilines is 1. The van der Waals surface area contributed by atoms with E-state index in [9.17, 15) is 4.79 Å². The van der Waals surface area contributed by atoms with Gasteiger partial charge in [0.05, 0.1) is 33.3 Å². The Kier molecular flexibility index (Phi) is 6.69. The molecule has 2 atom stereocenters. The summed E-state index contributed by atoms with van der Waals surface area (Å²) in [6.45, 7) is 1.87. The van der Waals surface area contributed by atoms with Crippen LogP contribution in [0.3, 0.4) is 0 Å². The Morgan fingerprint density at radius 2 is 1.44 bits per heavy atom. The average molecular weight is 343 g/mol. The number of esters is 1. The van der Waals surface area contributed by atoms with E-state index in [4.69, 9.17) is 14.2 Å². The topological polar surface area (TPSA) is 56.8 Å². The van der Waals surface area contributed by atoms with Crippen LogP contribution in [-0.2, 0) is 9.53 Å². The Balaban J connectivity index is 2.21. The highest BCUT2D eigenvalue weighted by atomic mass is 16.5. The van der Waals surface area contributed by atoms with Gasteiger partial charge < -0.3 is 19.5 Å². The Bertz CT molecular complexity index is 667. The zero-order chi connectivity index (χ0) is 18.2. The van der Waals surface area contributed by atoms with E-state index < -0.39 is 0 Å². The second-order valence-corrected chi connectivity index (χ2v) is 5.86. The minimum absolute atomic E-state index is 0.0339. The molecule has 0 aliphatic carbocycles. The predicted molar refractivity (Wildman–Crippen MR) is 98.1 cm³/mol. The Labute approximate surface area is 148 Å². The highest BCUT2D eigenvalue weighted by molar-refractivity contribution is 5.72. The molecule has 2 aromatic carbocycles. The Hall–Kier alpha value is -2.69. The predicted octanol–water partition coefficient (Wildman–Crippen LogP) is 4.06. The zero-order valence-electron chi connectivity index (χ0n) is 15.1. The second kappa shape index (κ2) is 8.97. The fourth-order valence-electron chi connectivity index (χ4n) is 2.65. The van der Waals surface area contributed by atoms with Crippen LogP contribution >= 0.6 is 0 Å². The lowest BCUT2D eigenvalue weighted by atomic mass is 9.95. The normalized spacial score (nSPS) is 12.8. The van der Waals surface area contributed by atoms with E-state index in [2.05, 4.69) is 5.32 Å². The summed E-state index contributed by atoms with van der Waals surface area (Å²) in [5, 5.41) is 3.49. The fourth-order valence-corrected chi connectivity index (χ4v) is 2.65. The van der Waals surface area contributed by atoms with E-state index in [0.29, 0.717) is 6.42 Å². The van der Waals surface area contributed by atoms with Crippen LogP contribution in [0, 0.1) is 5.92 Å². The third kappa shape index (κ3) is 5.14. The molecule has 2 aromatic rings. The molecule has 5 nitrogen and oxygen atoms in total. The summed E-state index contributed by atoms with van der Waals surface area (Å²) in [6, 6.07) is 15.5. The Morgan fingerprint density at radius 1 is 0.920 bits per heavy atom. The Morgan fingerprint density at radius 3 is 1.92 bits per heavy atom. The van der Waals surface area contributed by atoms with Crippen molar-refractivity contribution < 1.29 is 19.0 Å². The molecular formula is C20H25NO4. The third-order valence-electron chi connectivity index (χ3n) is 4.14. The van der Waals surface area contributed by atoms with Gasteiger partial charge >= 0.3 is 5.97 Å². The van der Waals surface area contributed by atoms with Gasteiger partial charge in [-0.1, -0.05) is 19.1 Å². The molecule has 0 unspecified atom stereocenters. The number of carbonyl (C=O) groups excluding carboxylic acids is 1. The fraction of sp³-hybridized carbons (Fsp3) is 0.350. The quantitative estimate of drug-likeness (QED) is 0.733. The van der Waals surface area contributed by atoms with Crippen LogP contribution in [0.2, 0.25) is 0 Å². The van der Waals surface area contributed by atoms with E-state index >= 15 is 0 Å². The molecule has 2 rings (SSSR count). The van der Waals surface area contributed by atoms with Crippen molar-refractivity contribution in [2.24, 2.45) is 5.92 Å². The summed E-state index contributed by atoms with van der Waals surface area (Å²) in [5.74, 6) is 1.17. The van der Waals surface area contributed by atoms with Gasteiger partial charge in [-0.2, -0.15) is 0 Å². The summed E-state index contributed by atoms with van der Waals surface area (Å²) in [5.41, 5.74) is 2.03. The van der Waals surface area contributed by atoms with Crippen molar-refractivity contribution in [2.75, 3.05) is 26.6 Å². The first-order valence-corrected chi connectivity index (χ1v) is 8.19. The van der Waals surface area contributed by atoms with E-state index in [1.807, 2.05) is 55.5 Å². The molecule has 0 saturated heterocycles. The monoisotopic (exact) mass is 343 g/mol. The van der Waals surface area contributed by atoms with Crippen LogP contribution < -0.4 is 14.8 Å². The van der Waals surface area contributed by atoms with Crippen molar-refractivity contribution in [3.8, 4) is 11.5 Å². The number of rotatable bonds is 8. The summed E-state index contributed by atoms with van der Waals surface area (Å²) in [6.07, 6.45) is 0.616. The number of carbonyl (C=O) groups is 1. The minimum atomic E-state index is -0.220. The lowest BCUT2D eigenvalue weighted by Gasteiger charge is -2.23. The van der Waals surface area contributed by atoms with Crippen molar-refractivity contribution >= 4 is 11.7 Å². The summed E-state index contributed by atoms with van der Waals surface area (Å²) >= 11 is 0. The van der Waals surface area contributed by atoms with Gasteiger partial charge in [-0.05, 0) is 48.4 Å². The largest absolute Gasteiger partial charge is 0.497 e. The van der Waals surface area contributed by atoms with Gasteiger partial charge in [0, 0.05) is 5.69 Å². The zero-order valence-corrected chi connectivity index (χ0v) is 15.1. The first-order chi connectivity index (χ1) is 12.1. The molecule has 1 N–H and O–H groups in total. The van der Waals surface area contributed by atoms with Crippen LogP contribution in [0.5, 0.6) is 11.5 Å². The van der Waals surface area contributed by atoms with Gasteiger partial charge in [0.25, 0.3) is 0 Å². The molecule has 0 spiro atoms. The molecule has 0 aliphatic rings. The molecule has 25 heavy (non-hydrogen) atoms. The van der Waals surface area contributed by atoms with Crippen LogP contribution in [0.4, 0.5) is 5.69 Å². The van der Waals surface area contributed by atoms with Crippen molar-refractivity contribution in [1.29, 1.82) is 0 Å². The molecule has 0 aliphatic heterocycles. The van der Waals surface area contributed by atoms with Crippen LogP contribution in [0.1, 0.15) is 24.9 Å². The third-order valence-corrected chi connectivity index (χ3v) is 4.14. The van der Waals surface area contributed by atoms with Gasteiger partial charge in [-0.25, -0.2) is 0 Å². The SMILES string of the molecule is COC(=O)[C@@H](C)C[C@H](Nc1ccc(OC)cc1)c1ccc(OC)cc1. The molecule has 0 amide bonds. The maximum absolute atomic E-state index is 11.8. The maximum Gasteiger partial charge on any atom is 0.308 e. The van der Waals surface area contributed by atoms with Crippen molar-refractivity contribution in [3.63, 3.8) is 0 Å². The van der Waals surface area contributed by atoms with Crippen LogP contribution in [0.25, 0.3) is 0 Å². The lowest BCUT2D eigenvalue weighted by molar-refractivity contribution is -0.145. The number of benzene rings is 2. The molecule has 0 heterocycles. The maximum atomic E-state index is 11.8. The minimum Gasteiger partial charge on any atom is -0.497 e. The molecule has 0 radical (unpaired) electrons. The van der Waals surface area contributed by atoms with Gasteiger partial charge in [0.1, 0.15) is 11.5 Å². The standard InChI is InChI=1S/C20H25NO4/c1-14(20(22)25-4)13-19(15-5-9-17(23-2)10-6-15)21-16-7-11-18(24-3)12-8-16/h5-12,14,19,21H,13H2,1-4H3/t14-,19-/m0/s1. The summed E-state index contributed by atoms with van der Waals surface area (Å²) in [7, 11) is 4.69. The number of ether oxygens (including phenoxy) is 3. The van der Waals surface area contributed by atoms with Crippen molar-refractivity contribution in [2.45, 2.75) is 19.4 Å². The van der Waals surface area contributed by atoms with E-state index in [-0.39, 0.29) is 17.9 Å². The molecule has 0 aromatic heterocycles. The smallest absolute Gasteiger partial charge is 0.308 e. The van der Waals surface area contributed by atoms with Crippen molar-refractivity contribution in [3.05, 3.63) is 54.1 Å². The van der Waals surface area contributed by atoms with Crippen LogP contribution in [0.15, 0.2) is 48.5 Å². The molecule has 0 fully saturated rings. The van der Waals surface area contributed by atoms with Gasteiger partial charge in [-0.3, -0.25) is 4.79 Å². The molecular weight excluding hydrogens is 318 g/mol. The highest BCUT2D eigenvalue weighted by Gasteiger charge is 2.21. The molecule has 134 valence electrons. The van der Waals surface area contributed by atoms with Gasteiger partial charge in [0.2, 0.25) is 0 Å². The summed E-state index contributed by atoms with van der Waals surface area (Å²) < 4.78 is 15.3. The lowest BCUT2D eigenvalue weighted by Crippen LogP contribution is -2.20. The molecule has 0 bridgehead atoms. The molecule has 5 heteroatoms. The number of hydrogen-bond donors (Lipinski definition) is 1.